The summed E-state index contributed by atoms with van der Waals surface area (Å²) in [5, 5.41) is 30.2. The van der Waals surface area contributed by atoms with Crippen LogP contribution in [0.4, 0.5) is 10.5 Å². The molecule has 0 radical (unpaired) electrons. The zero-order valence-electron chi connectivity index (χ0n) is 23.0. The van der Waals surface area contributed by atoms with Crippen molar-refractivity contribution in [3.8, 4) is 34.3 Å². The van der Waals surface area contributed by atoms with Gasteiger partial charge in [-0.25, -0.2) is 9.78 Å². The summed E-state index contributed by atoms with van der Waals surface area (Å²) >= 11 is 0. The Hall–Kier alpha value is -4.42. The number of pyridine rings is 1. The summed E-state index contributed by atoms with van der Waals surface area (Å²) < 4.78 is 5.68. The fraction of sp³-hybridized carbons (Fsp3) is 0.355. The molecule has 1 aromatic heterocycles. The van der Waals surface area contributed by atoms with Crippen molar-refractivity contribution in [3.63, 3.8) is 0 Å². The number of fused-ring (bicyclic) bond motifs is 1. The Balaban J connectivity index is 1.63. The zero-order chi connectivity index (χ0) is 28.9. The fourth-order valence-corrected chi connectivity index (χ4v) is 6.18. The molecule has 1 saturated carbocycles. The fourth-order valence-electron chi connectivity index (χ4n) is 6.18. The third-order valence-corrected chi connectivity index (χ3v) is 7.54. The topological polar surface area (TPSA) is 127 Å². The number of carboxylic acid groups (broad SMARTS) is 1. The lowest BCUT2D eigenvalue weighted by Crippen LogP contribution is -2.67. The average molecular weight is 541 g/mol. The number of benzene rings is 2. The molecule has 0 spiro atoms. The van der Waals surface area contributed by atoms with Gasteiger partial charge in [0, 0.05) is 29.5 Å². The molecule has 0 atom stereocenters. The first-order valence-corrected chi connectivity index (χ1v) is 13.1. The standard InChI is InChI=1S/C31H32N4O5/c1-29(2,3)35(28(37)38)31(18-30(4,39)19-31)22-12-10-21(11-13-22)26-23(20-8-6-5-7-9-20)16-24-27(33-26)40-17-25(36)34(24)15-14-32/h5-13,16,39H,15,17-19H2,1-4H3,(H,37,38). The number of hydrogen-bond acceptors (Lipinski definition) is 6. The number of ether oxygens (including phenoxy) is 1. The quantitative estimate of drug-likeness (QED) is 0.427. The number of rotatable bonds is 5. The predicted octanol–water partition coefficient (Wildman–Crippen LogP) is 5.18. The Morgan fingerprint density at radius 3 is 2.33 bits per heavy atom. The number of anilines is 1. The van der Waals surface area contributed by atoms with E-state index < -0.39 is 22.8 Å². The van der Waals surface area contributed by atoms with E-state index in [1.165, 1.54) is 9.80 Å². The van der Waals surface area contributed by atoms with E-state index in [1.807, 2.05) is 87.5 Å². The summed E-state index contributed by atoms with van der Waals surface area (Å²) in [5.41, 5.74) is 1.74. The summed E-state index contributed by atoms with van der Waals surface area (Å²) in [5.74, 6) is -0.0413. The minimum atomic E-state index is -1.04. The molecule has 5 rings (SSSR count). The summed E-state index contributed by atoms with van der Waals surface area (Å²) in [7, 11) is 0. The second kappa shape index (κ2) is 9.65. The maximum atomic E-state index is 12.5. The Morgan fingerprint density at radius 2 is 1.77 bits per heavy atom. The van der Waals surface area contributed by atoms with Crippen molar-refractivity contribution in [1.29, 1.82) is 5.26 Å². The van der Waals surface area contributed by atoms with E-state index >= 15 is 0 Å². The van der Waals surface area contributed by atoms with Gasteiger partial charge < -0.3 is 14.9 Å². The van der Waals surface area contributed by atoms with Gasteiger partial charge in [-0.1, -0.05) is 54.6 Å². The summed E-state index contributed by atoms with van der Waals surface area (Å²) in [6.07, 6.45) is -0.471. The Bertz CT molecular complexity index is 1500. The molecule has 9 nitrogen and oxygen atoms in total. The number of amides is 2. The maximum Gasteiger partial charge on any atom is 0.408 e. The van der Waals surface area contributed by atoms with Gasteiger partial charge in [0.2, 0.25) is 5.88 Å². The molecule has 2 amide bonds. The highest BCUT2D eigenvalue weighted by molar-refractivity contribution is 5.99. The molecule has 2 aliphatic rings. The maximum absolute atomic E-state index is 12.5. The predicted molar refractivity (Wildman–Crippen MR) is 150 cm³/mol. The van der Waals surface area contributed by atoms with Crippen LogP contribution in [0.25, 0.3) is 22.4 Å². The van der Waals surface area contributed by atoms with Crippen molar-refractivity contribution in [2.45, 2.75) is 57.2 Å². The van der Waals surface area contributed by atoms with E-state index in [4.69, 9.17) is 9.72 Å². The van der Waals surface area contributed by atoms with Crippen LogP contribution in [0.3, 0.4) is 0 Å². The van der Waals surface area contributed by atoms with Gasteiger partial charge in [0.1, 0.15) is 12.2 Å². The lowest BCUT2D eigenvalue weighted by atomic mass is 9.60. The zero-order valence-corrected chi connectivity index (χ0v) is 23.0. The van der Waals surface area contributed by atoms with E-state index in [9.17, 15) is 25.1 Å². The van der Waals surface area contributed by atoms with Crippen LogP contribution in [0, 0.1) is 11.3 Å². The second-order valence-corrected chi connectivity index (χ2v) is 11.7. The molecule has 2 N–H and O–H groups in total. The van der Waals surface area contributed by atoms with Crippen LogP contribution in [-0.4, -0.2) is 56.4 Å². The first kappa shape index (κ1) is 27.2. The van der Waals surface area contributed by atoms with Crippen LogP contribution in [0.5, 0.6) is 5.88 Å². The van der Waals surface area contributed by atoms with Gasteiger partial charge in [0.15, 0.2) is 6.61 Å². The lowest BCUT2D eigenvalue weighted by molar-refractivity contribution is -0.152. The number of aromatic nitrogens is 1. The van der Waals surface area contributed by atoms with E-state index in [1.54, 1.807) is 6.92 Å². The van der Waals surface area contributed by atoms with Crippen LogP contribution < -0.4 is 9.64 Å². The first-order chi connectivity index (χ1) is 18.9. The highest BCUT2D eigenvalue weighted by atomic mass is 16.5. The minimum Gasteiger partial charge on any atom is -0.466 e. The SMILES string of the molecule is CC1(O)CC(c2ccc(-c3nc4c(cc3-c3ccccc3)N(CC#N)C(=O)CO4)cc2)(N(C(=O)O)C(C)(C)C)C1. The molecule has 206 valence electrons. The van der Waals surface area contributed by atoms with Gasteiger partial charge in [-0.05, 0) is 44.9 Å². The largest absolute Gasteiger partial charge is 0.466 e. The number of hydrogen-bond donors (Lipinski definition) is 2. The van der Waals surface area contributed by atoms with E-state index in [-0.39, 0.29) is 37.8 Å². The number of aliphatic hydroxyl groups is 1. The minimum absolute atomic E-state index is 0.112. The summed E-state index contributed by atoms with van der Waals surface area (Å²) in [6, 6.07) is 21.1. The Morgan fingerprint density at radius 1 is 1.12 bits per heavy atom. The highest BCUT2D eigenvalue weighted by Crippen LogP contribution is 2.54. The number of carbonyl (C=O) groups is 2. The summed E-state index contributed by atoms with van der Waals surface area (Å²) in [6.45, 7) is 6.98. The third-order valence-electron chi connectivity index (χ3n) is 7.54. The molecule has 2 aromatic carbocycles. The van der Waals surface area contributed by atoms with Gasteiger partial charge in [-0.2, -0.15) is 5.26 Å². The van der Waals surface area contributed by atoms with Gasteiger partial charge >= 0.3 is 6.09 Å². The van der Waals surface area contributed by atoms with Crippen LogP contribution in [0.1, 0.15) is 46.1 Å². The average Bonchev–Trinajstić information content (AvgIpc) is 2.88. The van der Waals surface area contributed by atoms with Gasteiger partial charge in [-0.3, -0.25) is 14.6 Å². The molecular formula is C31H32N4O5. The highest BCUT2D eigenvalue weighted by Gasteiger charge is 2.59. The number of carbonyl (C=O) groups excluding carboxylic acids is 1. The monoisotopic (exact) mass is 540 g/mol. The molecule has 40 heavy (non-hydrogen) atoms. The van der Waals surface area contributed by atoms with Crippen LogP contribution >= 0.6 is 0 Å². The molecule has 1 aliphatic carbocycles. The van der Waals surface area contributed by atoms with Gasteiger partial charge in [0.25, 0.3) is 5.91 Å². The van der Waals surface area contributed by atoms with Crippen molar-refractivity contribution in [3.05, 3.63) is 66.2 Å². The molecule has 1 fully saturated rings. The van der Waals surface area contributed by atoms with Crippen molar-refractivity contribution >= 4 is 17.7 Å². The molecule has 1 aliphatic heterocycles. The molecule has 0 saturated heterocycles. The number of nitriles is 1. The Labute approximate surface area is 233 Å². The van der Waals surface area contributed by atoms with Crippen LogP contribution in [0.2, 0.25) is 0 Å². The molecule has 3 aromatic rings. The third kappa shape index (κ3) is 4.65. The van der Waals surface area contributed by atoms with Crippen molar-refractivity contribution in [2.75, 3.05) is 18.1 Å². The Kier molecular flexibility index (Phi) is 6.55. The molecule has 2 heterocycles. The van der Waals surface area contributed by atoms with Crippen molar-refractivity contribution < 1.29 is 24.5 Å². The number of nitrogens with zero attached hydrogens (tertiary/aromatic N) is 4. The summed E-state index contributed by atoms with van der Waals surface area (Å²) in [4.78, 5) is 32.6. The first-order valence-electron chi connectivity index (χ1n) is 13.1. The van der Waals surface area contributed by atoms with E-state index in [0.29, 0.717) is 11.4 Å². The van der Waals surface area contributed by atoms with Crippen molar-refractivity contribution in [2.24, 2.45) is 0 Å². The smallest absolute Gasteiger partial charge is 0.408 e. The molecular weight excluding hydrogens is 508 g/mol. The molecule has 9 heteroatoms. The van der Waals surface area contributed by atoms with Crippen LogP contribution in [0.15, 0.2) is 60.7 Å². The second-order valence-electron chi connectivity index (χ2n) is 11.7. The van der Waals surface area contributed by atoms with Gasteiger partial charge in [-0.15, -0.1) is 0 Å². The van der Waals surface area contributed by atoms with Gasteiger partial charge in [0.05, 0.1) is 22.9 Å². The van der Waals surface area contributed by atoms with Crippen LogP contribution in [-0.2, 0) is 10.3 Å². The van der Waals surface area contributed by atoms with E-state index in [0.717, 1.165) is 22.3 Å². The van der Waals surface area contributed by atoms with Crippen molar-refractivity contribution in [1.82, 2.24) is 9.88 Å². The lowest BCUT2D eigenvalue weighted by Gasteiger charge is -2.60. The molecule has 0 unspecified atom stereocenters. The molecule has 0 bridgehead atoms. The normalized spacial score (nSPS) is 22.0. The van der Waals surface area contributed by atoms with E-state index in [2.05, 4.69) is 0 Å².